The van der Waals surface area contributed by atoms with Crippen LogP contribution in [0.2, 0.25) is 0 Å². The molecule has 6 heteroatoms. The topological polar surface area (TPSA) is 45.4 Å². The quantitative estimate of drug-likeness (QED) is 0.223. The van der Waals surface area contributed by atoms with Crippen LogP contribution in [0.5, 0.6) is 0 Å². The number of hydrogen-bond donors (Lipinski definition) is 0. The molecule has 4 aromatic rings. The van der Waals surface area contributed by atoms with Crippen molar-refractivity contribution in [2.75, 3.05) is 33.2 Å². The molecule has 5 nitrogen and oxygen atoms in total. The predicted octanol–water partition coefficient (Wildman–Crippen LogP) is 6.44. The average molecular weight is 525 g/mol. The molecule has 38 heavy (non-hydrogen) atoms. The molecule has 1 aliphatic heterocycles. The minimum absolute atomic E-state index is 0.230. The molecule has 0 N–H and O–H groups in total. The first-order valence-corrected chi connectivity index (χ1v) is 14.5. The normalized spacial score (nSPS) is 22.1. The Morgan fingerprint density at radius 3 is 2.29 bits per heavy atom. The third-order valence-corrected chi connectivity index (χ3v) is 9.12. The van der Waals surface area contributed by atoms with Crippen molar-refractivity contribution < 1.29 is 4.52 Å². The van der Waals surface area contributed by atoms with Crippen LogP contribution in [0.4, 0.5) is 0 Å². The fraction of sp³-hybridized carbons (Fsp3) is 0.375. The highest BCUT2D eigenvalue weighted by atomic mass is 32.2. The van der Waals surface area contributed by atoms with E-state index in [1.54, 1.807) is 0 Å². The molecular formula is C32H36N4OS. The van der Waals surface area contributed by atoms with Gasteiger partial charge in [-0.3, -0.25) is 0 Å². The van der Waals surface area contributed by atoms with Crippen LogP contribution in [-0.4, -0.2) is 52.6 Å². The molecule has 2 heterocycles. The summed E-state index contributed by atoms with van der Waals surface area (Å²) in [6, 6.07) is 32.2. The molecule has 1 aliphatic carbocycles. The van der Waals surface area contributed by atoms with Gasteiger partial charge in [0, 0.05) is 35.7 Å². The Balaban J connectivity index is 1.05. The first kappa shape index (κ1) is 25.4. The molecule has 0 unspecified atom stereocenters. The van der Waals surface area contributed by atoms with E-state index in [1.807, 2.05) is 18.0 Å². The standard InChI is InChI=1S/C32H36N4OS/c1-35(38-29-15-9-4-10-16-29)24-32(27-13-7-3-8-14-27)22-28(32)23-36-19-17-26(18-20-36)31-33-30(34-37-31)21-25-11-5-2-6-12-25/h2-16,26,28H,17-24H2,1H3/t28-,32-/m1/s1. The van der Waals surface area contributed by atoms with Gasteiger partial charge in [-0.2, -0.15) is 4.98 Å². The second-order valence-electron chi connectivity index (χ2n) is 10.9. The summed E-state index contributed by atoms with van der Waals surface area (Å²) in [6.07, 6.45) is 4.15. The summed E-state index contributed by atoms with van der Waals surface area (Å²) in [5, 5.41) is 4.27. The van der Waals surface area contributed by atoms with Crippen molar-refractivity contribution in [3.8, 4) is 0 Å². The molecule has 3 aromatic carbocycles. The molecular weight excluding hydrogens is 488 g/mol. The smallest absolute Gasteiger partial charge is 0.229 e. The van der Waals surface area contributed by atoms with Crippen molar-refractivity contribution in [1.82, 2.24) is 19.3 Å². The van der Waals surface area contributed by atoms with Gasteiger partial charge in [0.25, 0.3) is 0 Å². The minimum atomic E-state index is 0.230. The van der Waals surface area contributed by atoms with Gasteiger partial charge in [-0.05, 0) is 80.5 Å². The zero-order valence-electron chi connectivity index (χ0n) is 22.1. The van der Waals surface area contributed by atoms with E-state index in [2.05, 4.69) is 106 Å². The molecule has 0 radical (unpaired) electrons. The van der Waals surface area contributed by atoms with Crippen LogP contribution in [-0.2, 0) is 11.8 Å². The molecule has 6 rings (SSSR count). The van der Waals surface area contributed by atoms with Crippen LogP contribution in [0.25, 0.3) is 0 Å². The van der Waals surface area contributed by atoms with Crippen molar-refractivity contribution in [3.05, 3.63) is 114 Å². The van der Waals surface area contributed by atoms with Gasteiger partial charge in [-0.15, -0.1) is 0 Å². The summed E-state index contributed by atoms with van der Waals surface area (Å²) in [6.45, 7) is 4.41. The zero-order chi connectivity index (χ0) is 25.8. The fourth-order valence-corrected chi connectivity index (χ4v) is 7.01. The summed E-state index contributed by atoms with van der Waals surface area (Å²) in [5.41, 5.74) is 2.93. The Bertz CT molecular complexity index is 1290. The predicted molar refractivity (Wildman–Crippen MR) is 153 cm³/mol. The Kier molecular flexibility index (Phi) is 7.63. The second-order valence-corrected chi connectivity index (χ2v) is 12.2. The highest BCUT2D eigenvalue weighted by molar-refractivity contribution is 7.97. The van der Waals surface area contributed by atoms with E-state index in [0.717, 1.165) is 57.2 Å². The lowest BCUT2D eigenvalue weighted by Gasteiger charge is -2.32. The first-order valence-electron chi connectivity index (χ1n) is 13.8. The van der Waals surface area contributed by atoms with Gasteiger partial charge in [-0.25, -0.2) is 4.31 Å². The van der Waals surface area contributed by atoms with E-state index >= 15 is 0 Å². The number of hydrogen-bond acceptors (Lipinski definition) is 6. The van der Waals surface area contributed by atoms with E-state index in [0.29, 0.717) is 11.8 Å². The number of aromatic nitrogens is 2. The molecule has 2 atom stereocenters. The maximum Gasteiger partial charge on any atom is 0.229 e. The van der Waals surface area contributed by atoms with Gasteiger partial charge < -0.3 is 9.42 Å². The minimum Gasteiger partial charge on any atom is -0.339 e. The number of nitrogens with zero attached hydrogens (tertiary/aromatic N) is 4. The first-order chi connectivity index (χ1) is 18.7. The van der Waals surface area contributed by atoms with Crippen molar-refractivity contribution in [2.24, 2.45) is 5.92 Å². The number of rotatable bonds is 10. The largest absolute Gasteiger partial charge is 0.339 e. The molecule has 1 saturated carbocycles. The molecule has 196 valence electrons. The van der Waals surface area contributed by atoms with Crippen LogP contribution in [0, 0.1) is 5.92 Å². The van der Waals surface area contributed by atoms with Crippen LogP contribution in [0.1, 0.15) is 48.0 Å². The third kappa shape index (κ3) is 5.88. The monoisotopic (exact) mass is 524 g/mol. The average Bonchev–Trinajstić information content (AvgIpc) is 3.42. The number of benzene rings is 3. The highest BCUT2D eigenvalue weighted by Gasteiger charge is 2.56. The molecule has 2 fully saturated rings. The summed E-state index contributed by atoms with van der Waals surface area (Å²) in [7, 11) is 2.24. The molecule has 1 saturated heterocycles. The Labute approximate surface area is 230 Å². The Hall–Kier alpha value is -2.93. The van der Waals surface area contributed by atoms with E-state index in [9.17, 15) is 0 Å². The van der Waals surface area contributed by atoms with E-state index < -0.39 is 0 Å². The van der Waals surface area contributed by atoms with E-state index in [4.69, 9.17) is 9.51 Å². The van der Waals surface area contributed by atoms with Gasteiger partial charge in [-0.1, -0.05) is 84.0 Å². The summed E-state index contributed by atoms with van der Waals surface area (Å²) >= 11 is 1.85. The highest BCUT2D eigenvalue weighted by Crippen LogP contribution is 2.56. The van der Waals surface area contributed by atoms with Crippen molar-refractivity contribution >= 4 is 11.9 Å². The molecule has 0 bridgehead atoms. The second kappa shape index (κ2) is 11.4. The van der Waals surface area contributed by atoms with Gasteiger partial charge >= 0.3 is 0 Å². The number of likely N-dealkylation sites (N-methyl/N-ethyl adjacent to an activating group) is 1. The summed E-state index contributed by atoms with van der Waals surface area (Å²) in [5.74, 6) is 2.66. The van der Waals surface area contributed by atoms with Crippen LogP contribution in [0.3, 0.4) is 0 Å². The van der Waals surface area contributed by atoms with Gasteiger partial charge in [0.15, 0.2) is 5.82 Å². The Morgan fingerprint density at radius 1 is 0.921 bits per heavy atom. The lowest BCUT2D eigenvalue weighted by molar-refractivity contribution is 0.183. The zero-order valence-corrected chi connectivity index (χ0v) is 22.9. The Morgan fingerprint density at radius 2 is 1.58 bits per heavy atom. The van der Waals surface area contributed by atoms with E-state index in [-0.39, 0.29) is 5.41 Å². The summed E-state index contributed by atoms with van der Waals surface area (Å²) in [4.78, 5) is 8.71. The maximum absolute atomic E-state index is 5.70. The third-order valence-electron chi connectivity index (χ3n) is 8.19. The lowest BCUT2D eigenvalue weighted by atomic mass is 9.92. The van der Waals surface area contributed by atoms with Crippen molar-refractivity contribution in [2.45, 2.75) is 41.9 Å². The molecule has 2 aliphatic rings. The lowest BCUT2D eigenvalue weighted by Crippen LogP contribution is -2.37. The molecule has 1 aromatic heterocycles. The van der Waals surface area contributed by atoms with Crippen LogP contribution < -0.4 is 0 Å². The SMILES string of the molecule is CN(C[C@@]1(c2ccccc2)C[C@@H]1CN1CCC(c2nc(Cc3ccccc3)no2)CC1)Sc1ccccc1. The van der Waals surface area contributed by atoms with Gasteiger partial charge in [0.05, 0.1) is 0 Å². The van der Waals surface area contributed by atoms with Crippen LogP contribution >= 0.6 is 11.9 Å². The number of likely N-dealkylation sites (tertiary alicyclic amines) is 1. The van der Waals surface area contributed by atoms with Gasteiger partial charge in [0.2, 0.25) is 5.89 Å². The summed E-state index contributed by atoms with van der Waals surface area (Å²) < 4.78 is 8.13. The van der Waals surface area contributed by atoms with Crippen LogP contribution in [0.15, 0.2) is 100 Å². The van der Waals surface area contributed by atoms with E-state index in [1.165, 1.54) is 22.4 Å². The number of piperidine rings is 1. The molecule has 0 amide bonds. The van der Waals surface area contributed by atoms with Crippen molar-refractivity contribution in [1.29, 1.82) is 0 Å². The fourth-order valence-electron chi connectivity index (χ4n) is 6.08. The van der Waals surface area contributed by atoms with Gasteiger partial charge in [0.1, 0.15) is 0 Å². The molecule has 0 spiro atoms. The maximum atomic E-state index is 5.70. The van der Waals surface area contributed by atoms with Crippen molar-refractivity contribution in [3.63, 3.8) is 0 Å².